The maximum Gasteiger partial charge on any atom is 0.0669 e. The van der Waals surface area contributed by atoms with E-state index in [1.54, 1.807) is 7.11 Å². The Kier molecular flexibility index (Phi) is 8.49. The van der Waals surface area contributed by atoms with Crippen LogP contribution in [0.3, 0.4) is 0 Å². The highest BCUT2D eigenvalue weighted by Gasteiger charge is 2.14. The Morgan fingerprint density at radius 1 is 1.15 bits per heavy atom. The molecule has 5 nitrogen and oxygen atoms in total. The molecule has 0 aliphatic rings. The highest BCUT2D eigenvalue weighted by molar-refractivity contribution is 5.26. The quantitative estimate of drug-likeness (QED) is 0.629. The molecule has 0 aliphatic heterocycles. The lowest BCUT2D eigenvalue weighted by Crippen LogP contribution is -2.20. The zero-order valence-corrected chi connectivity index (χ0v) is 13.4. The van der Waals surface area contributed by atoms with E-state index in [1.165, 1.54) is 17.0 Å². The van der Waals surface area contributed by atoms with Gasteiger partial charge in [-0.2, -0.15) is 5.10 Å². The molecule has 1 aromatic heterocycles. The van der Waals surface area contributed by atoms with Crippen molar-refractivity contribution in [1.82, 2.24) is 15.1 Å². The molecule has 1 N–H and O–H groups in total. The topological polar surface area (TPSA) is 48.3 Å². The Morgan fingerprint density at radius 2 is 1.95 bits per heavy atom. The summed E-state index contributed by atoms with van der Waals surface area (Å²) in [5, 5.41) is 8.16. The summed E-state index contributed by atoms with van der Waals surface area (Å²) in [7, 11) is 1.72. The molecule has 0 atom stereocenters. The minimum Gasteiger partial charge on any atom is -0.383 e. The second-order valence-electron chi connectivity index (χ2n) is 4.67. The van der Waals surface area contributed by atoms with E-state index in [4.69, 9.17) is 14.6 Å². The van der Waals surface area contributed by atoms with Crippen molar-refractivity contribution in [3.05, 3.63) is 17.0 Å². The van der Waals surface area contributed by atoms with Gasteiger partial charge in [-0.1, -0.05) is 13.8 Å². The lowest BCUT2D eigenvalue weighted by Gasteiger charge is -2.09. The van der Waals surface area contributed by atoms with E-state index < -0.39 is 0 Å². The SMILES string of the molecule is CCOCCn1nc(CC)c(CNCCOC)c1CC. The number of ether oxygens (including phenoxy) is 2. The van der Waals surface area contributed by atoms with Crippen LogP contribution < -0.4 is 5.32 Å². The molecule has 0 amide bonds. The van der Waals surface area contributed by atoms with Gasteiger partial charge in [0.2, 0.25) is 0 Å². The van der Waals surface area contributed by atoms with Gasteiger partial charge in [-0.25, -0.2) is 0 Å². The zero-order chi connectivity index (χ0) is 14.8. The largest absolute Gasteiger partial charge is 0.383 e. The molecule has 1 heterocycles. The van der Waals surface area contributed by atoms with Crippen LogP contribution in [-0.4, -0.2) is 43.3 Å². The second-order valence-corrected chi connectivity index (χ2v) is 4.67. The predicted octanol–water partition coefficient (Wildman–Crippen LogP) is 1.78. The van der Waals surface area contributed by atoms with E-state index in [-0.39, 0.29) is 0 Å². The summed E-state index contributed by atoms with van der Waals surface area (Å²) in [6, 6.07) is 0. The van der Waals surface area contributed by atoms with Crippen LogP contribution in [0.4, 0.5) is 0 Å². The van der Waals surface area contributed by atoms with Crippen LogP contribution in [0.25, 0.3) is 0 Å². The van der Waals surface area contributed by atoms with Crippen molar-refractivity contribution in [1.29, 1.82) is 0 Å². The maximum atomic E-state index is 5.44. The molecule has 1 aromatic rings. The van der Waals surface area contributed by atoms with Crippen LogP contribution >= 0.6 is 0 Å². The minimum atomic E-state index is 0.727. The van der Waals surface area contributed by atoms with Gasteiger partial charge < -0.3 is 14.8 Å². The molecule has 116 valence electrons. The molecule has 0 bridgehead atoms. The first-order valence-corrected chi connectivity index (χ1v) is 7.63. The normalized spacial score (nSPS) is 11.2. The molecular weight excluding hydrogens is 254 g/mol. The monoisotopic (exact) mass is 283 g/mol. The third kappa shape index (κ3) is 4.89. The molecule has 1 rings (SSSR count). The average Bonchev–Trinajstić information content (AvgIpc) is 2.81. The van der Waals surface area contributed by atoms with E-state index in [1.807, 2.05) is 6.92 Å². The van der Waals surface area contributed by atoms with E-state index in [9.17, 15) is 0 Å². The fourth-order valence-corrected chi connectivity index (χ4v) is 2.34. The van der Waals surface area contributed by atoms with Crippen molar-refractivity contribution in [2.75, 3.05) is 33.5 Å². The lowest BCUT2D eigenvalue weighted by atomic mass is 10.1. The van der Waals surface area contributed by atoms with Crippen LogP contribution in [0.5, 0.6) is 0 Å². The highest BCUT2D eigenvalue weighted by atomic mass is 16.5. The molecule has 0 fully saturated rings. The van der Waals surface area contributed by atoms with Crippen LogP contribution in [0, 0.1) is 0 Å². The van der Waals surface area contributed by atoms with Crippen molar-refractivity contribution in [3.8, 4) is 0 Å². The van der Waals surface area contributed by atoms with Crippen LogP contribution in [0.15, 0.2) is 0 Å². The third-order valence-electron chi connectivity index (χ3n) is 3.36. The number of nitrogens with one attached hydrogen (secondary N) is 1. The van der Waals surface area contributed by atoms with Gasteiger partial charge in [-0.05, 0) is 19.8 Å². The molecular formula is C15H29N3O2. The number of methoxy groups -OCH3 is 1. The molecule has 0 aliphatic carbocycles. The van der Waals surface area contributed by atoms with Gasteiger partial charge in [0.25, 0.3) is 0 Å². The number of hydrogen-bond acceptors (Lipinski definition) is 4. The Balaban J connectivity index is 2.73. The van der Waals surface area contributed by atoms with Crippen molar-refractivity contribution < 1.29 is 9.47 Å². The van der Waals surface area contributed by atoms with Gasteiger partial charge in [0.1, 0.15) is 0 Å². The van der Waals surface area contributed by atoms with Crippen LogP contribution in [0.2, 0.25) is 0 Å². The first-order chi connectivity index (χ1) is 9.78. The fraction of sp³-hybridized carbons (Fsp3) is 0.800. The molecule has 0 radical (unpaired) electrons. The van der Waals surface area contributed by atoms with Crippen molar-refractivity contribution >= 4 is 0 Å². The fourth-order valence-electron chi connectivity index (χ4n) is 2.34. The van der Waals surface area contributed by atoms with E-state index >= 15 is 0 Å². The number of hydrogen-bond donors (Lipinski definition) is 1. The first kappa shape index (κ1) is 17.1. The molecule has 0 aromatic carbocycles. The molecule has 0 spiro atoms. The van der Waals surface area contributed by atoms with Gasteiger partial charge in [0, 0.05) is 38.1 Å². The van der Waals surface area contributed by atoms with Gasteiger partial charge in [0.05, 0.1) is 25.5 Å². The van der Waals surface area contributed by atoms with E-state index in [0.717, 1.165) is 52.3 Å². The molecule has 0 saturated carbocycles. The van der Waals surface area contributed by atoms with Gasteiger partial charge in [-0.15, -0.1) is 0 Å². The Morgan fingerprint density at radius 3 is 2.55 bits per heavy atom. The summed E-state index contributed by atoms with van der Waals surface area (Å²) >= 11 is 0. The van der Waals surface area contributed by atoms with Crippen molar-refractivity contribution in [3.63, 3.8) is 0 Å². The van der Waals surface area contributed by atoms with Crippen LogP contribution in [-0.2, 0) is 35.4 Å². The molecule has 20 heavy (non-hydrogen) atoms. The lowest BCUT2D eigenvalue weighted by molar-refractivity contribution is 0.135. The Labute approximate surface area is 122 Å². The Bertz CT molecular complexity index is 377. The van der Waals surface area contributed by atoms with Crippen molar-refractivity contribution in [2.45, 2.75) is 46.7 Å². The highest BCUT2D eigenvalue weighted by Crippen LogP contribution is 2.16. The summed E-state index contributed by atoms with van der Waals surface area (Å²) in [5.41, 5.74) is 3.87. The summed E-state index contributed by atoms with van der Waals surface area (Å²) in [6.07, 6.45) is 1.97. The average molecular weight is 283 g/mol. The van der Waals surface area contributed by atoms with Crippen molar-refractivity contribution in [2.24, 2.45) is 0 Å². The zero-order valence-electron chi connectivity index (χ0n) is 13.4. The van der Waals surface area contributed by atoms with Gasteiger partial charge in [-0.3, -0.25) is 4.68 Å². The van der Waals surface area contributed by atoms with Crippen LogP contribution in [0.1, 0.15) is 37.7 Å². The maximum absolute atomic E-state index is 5.44. The molecule has 0 saturated heterocycles. The molecule has 0 unspecified atom stereocenters. The number of aromatic nitrogens is 2. The summed E-state index contributed by atoms with van der Waals surface area (Å²) < 4.78 is 12.6. The van der Waals surface area contributed by atoms with E-state index in [0.29, 0.717) is 0 Å². The summed E-state index contributed by atoms with van der Waals surface area (Å²) in [5.74, 6) is 0. The van der Waals surface area contributed by atoms with E-state index in [2.05, 4.69) is 23.8 Å². The summed E-state index contributed by atoms with van der Waals surface area (Å²) in [6.45, 7) is 11.2. The molecule has 5 heteroatoms. The number of nitrogens with zero attached hydrogens (tertiary/aromatic N) is 2. The Hall–Kier alpha value is -0.910. The summed E-state index contributed by atoms with van der Waals surface area (Å²) in [4.78, 5) is 0. The van der Waals surface area contributed by atoms with Gasteiger partial charge in [0.15, 0.2) is 0 Å². The first-order valence-electron chi connectivity index (χ1n) is 7.63. The predicted molar refractivity (Wildman–Crippen MR) is 81.1 cm³/mol. The number of rotatable bonds is 11. The number of aryl methyl sites for hydroxylation is 1. The standard InChI is InChI=1S/C15H29N3O2/c1-5-14-13(12-16-8-10-19-4)15(6-2)18(17-14)9-11-20-7-3/h16H,5-12H2,1-4H3. The van der Waals surface area contributed by atoms with Gasteiger partial charge >= 0.3 is 0 Å². The smallest absolute Gasteiger partial charge is 0.0669 e. The third-order valence-corrected chi connectivity index (χ3v) is 3.36. The minimum absolute atomic E-state index is 0.727. The second kappa shape index (κ2) is 9.91.